The first-order chi connectivity index (χ1) is 8.63. The van der Waals surface area contributed by atoms with E-state index in [1.54, 1.807) is 12.1 Å². The van der Waals surface area contributed by atoms with Gasteiger partial charge < -0.3 is 5.73 Å². The Hall–Kier alpha value is -1.46. The molecule has 1 aromatic heterocycles. The summed E-state index contributed by atoms with van der Waals surface area (Å²) in [5.74, 6) is -0.303. The van der Waals surface area contributed by atoms with Gasteiger partial charge >= 0.3 is 0 Å². The van der Waals surface area contributed by atoms with E-state index in [4.69, 9.17) is 5.73 Å². The van der Waals surface area contributed by atoms with Gasteiger partial charge in [0.15, 0.2) is 0 Å². The second-order valence-corrected chi connectivity index (χ2v) is 5.82. The second kappa shape index (κ2) is 4.33. The van der Waals surface area contributed by atoms with Crippen molar-refractivity contribution in [3.05, 3.63) is 46.7 Å². The maximum absolute atomic E-state index is 13.8. The molecule has 2 N–H and O–H groups in total. The average Bonchev–Trinajstić information content (AvgIpc) is 2.74. The van der Waals surface area contributed by atoms with Gasteiger partial charge in [0.1, 0.15) is 10.8 Å². The van der Waals surface area contributed by atoms with E-state index in [9.17, 15) is 4.39 Å². The zero-order valence-corrected chi connectivity index (χ0v) is 11.6. The van der Waals surface area contributed by atoms with Crippen LogP contribution in [0.1, 0.15) is 0 Å². The van der Waals surface area contributed by atoms with Gasteiger partial charge in [-0.05, 0) is 36.4 Å². The van der Waals surface area contributed by atoms with Gasteiger partial charge in [-0.15, -0.1) is 11.3 Å². The summed E-state index contributed by atoms with van der Waals surface area (Å²) in [4.78, 5) is 4.44. The van der Waals surface area contributed by atoms with Crippen LogP contribution >= 0.6 is 27.3 Å². The summed E-state index contributed by atoms with van der Waals surface area (Å²) in [6.07, 6.45) is 0. The van der Waals surface area contributed by atoms with Crippen LogP contribution in [-0.4, -0.2) is 4.98 Å². The number of hydrogen-bond acceptors (Lipinski definition) is 3. The van der Waals surface area contributed by atoms with Gasteiger partial charge in [0, 0.05) is 15.7 Å². The Morgan fingerprint density at radius 2 is 2.00 bits per heavy atom. The van der Waals surface area contributed by atoms with Crippen molar-refractivity contribution in [2.75, 3.05) is 5.73 Å². The van der Waals surface area contributed by atoms with Gasteiger partial charge in [-0.2, -0.15) is 0 Å². The van der Waals surface area contributed by atoms with E-state index in [2.05, 4.69) is 20.9 Å². The number of thiazole rings is 1. The Morgan fingerprint density at radius 1 is 1.17 bits per heavy atom. The maximum Gasteiger partial charge on any atom is 0.133 e. The lowest BCUT2D eigenvalue weighted by molar-refractivity contribution is 0.631. The molecule has 1 heterocycles. The summed E-state index contributed by atoms with van der Waals surface area (Å²) >= 11 is 4.85. The molecule has 2 nitrogen and oxygen atoms in total. The molecule has 2 aromatic carbocycles. The molecule has 0 spiro atoms. The summed E-state index contributed by atoms with van der Waals surface area (Å²) < 4.78 is 15.7. The molecule has 18 heavy (non-hydrogen) atoms. The van der Waals surface area contributed by atoms with Gasteiger partial charge in [-0.25, -0.2) is 9.37 Å². The number of fused-ring (bicyclic) bond motifs is 1. The minimum Gasteiger partial charge on any atom is -0.399 e. The quantitative estimate of drug-likeness (QED) is 0.672. The third-order valence-electron chi connectivity index (χ3n) is 2.57. The molecule has 0 amide bonds. The van der Waals surface area contributed by atoms with Gasteiger partial charge in [0.05, 0.1) is 10.2 Å². The lowest BCUT2D eigenvalue weighted by Crippen LogP contribution is -1.88. The Kier molecular flexibility index (Phi) is 2.80. The summed E-state index contributed by atoms with van der Waals surface area (Å²) in [5, 5.41) is 0.646. The van der Waals surface area contributed by atoms with Crippen LogP contribution in [0.3, 0.4) is 0 Å². The van der Waals surface area contributed by atoms with Crippen molar-refractivity contribution in [1.82, 2.24) is 4.98 Å². The number of benzene rings is 2. The highest BCUT2D eigenvalue weighted by Gasteiger charge is 2.11. The van der Waals surface area contributed by atoms with Gasteiger partial charge in [0.25, 0.3) is 0 Å². The zero-order valence-electron chi connectivity index (χ0n) is 9.15. The lowest BCUT2D eigenvalue weighted by atomic mass is 10.2. The van der Waals surface area contributed by atoms with Crippen LogP contribution in [0.5, 0.6) is 0 Å². The monoisotopic (exact) mass is 322 g/mol. The molecule has 0 unspecified atom stereocenters. The van der Waals surface area contributed by atoms with Crippen LogP contribution < -0.4 is 5.73 Å². The Balaban J connectivity index is 2.22. The Morgan fingerprint density at radius 3 is 2.83 bits per heavy atom. The number of rotatable bonds is 1. The molecular formula is C13H8BrFN2S. The fraction of sp³-hybridized carbons (Fsp3) is 0. The highest BCUT2D eigenvalue weighted by Crippen LogP contribution is 2.33. The standard InChI is InChI=1S/C13H8BrFN2S/c14-7-1-4-12-11(5-7)17-13(18-12)9-6-8(16)2-3-10(9)15/h1-6H,16H2. The molecule has 90 valence electrons. The first-order valence-electron chi connectivity index (χ1n) is 5.25. The first-order valence-corrected chi connectivity index (χ1v) is 6.86. The summed E-state index contributed by atoms with van der Waals surface area (Å²) in [5.41, 5.74) is 7.52. The molecule has 0 saturated heterocycles. The number of nitrogens with zero attached hydrogens (tertiary/aromatic N) is 1. The van der Waals surface area contributed by atoms with Crippen molar-refractivity contribution in [1.29, 1.82) is 0 Å². The van der Waals surface area contributed by atoms with E-state index >= 15 is 0 Å². The molecule has 0 fully saturated rings. The van der Waals surface area contributed by atoms with Crippen LogP contribution in [0.15, 0.2) is 40.9 Å². The summed E-state index contributed by atoms with van der Waals surface area (Å²) in [7, 11) is 0. The summed E-state index contributed by atoms with van der Waals surface area (Å²) in [6, 6.07) is 10.3. The van der Waals surface area contributed by atoms with Crippen molar-refractivity contribution in [2.45, 2.75) is 0 Å². The van der Waals surface area contributed by atoms with Crippen LogP contribution in [0, 0.1) is 5.82 Å². The van der Waals surface area contributed by atoms with Crippen LogP contribution in [0.25, 0.3) is 20.8 Å². The highest BCUT2D eigenvalue weighted by atomic mass is 79.9. The fourth-order valence-corrected chi connectivity index (χ4v) is 3.04. The number of nitrogens with two attached hydrogens (primary N) is 1. The van der Waals surface area contributed by atoms with Crippen LogP contribution in [0.4, 0.5) is 10.1 Å². The molecule has 0 aliphatic rings. The number of nitrogen functional groups attached to an aromatic ring is 1. The molecular weight excluding hydrogens is 315 g/mol. The molecule has 0 bridgehead atoms. The second-order valence-electron chi connectivity index (χ2n) is 3.87. The number of anilines is 1. The molecule has 0 atom stereocenters. The predicted octanol–water partition coefficient (Wildman–Crippen LogP) is 4.45. The number of halogens is 2. The molecule has 3 rings (SSSR count). The SMILES string of the molecule is Nc1ccc(F)c(-c2nc3cc(Br)ccc3s2)c1. The van der Waals surface area contributed by atoms with E-state index in [1.165, 1.54) is 17.4 Å². The zero-order chi connectivity index (χ0) is 12.7. The van der Waals surface area contributed by atoms with Crippen molar-refractivity contribution >= 4 is 43.2 Å². The van der Waals surface area contributed by atoms with Gasteiger partial charge in [-0.1, -0.05) is 15.9 Å². The third-order valence-corrected chi connectivity index (χ3v) is 4.13. The van der Waals surface area contributed by atoms with Crippen molar-refractivity contribution in [2.24, 2.45) is 0 Å². The highest BCUT2D eigenvalue weighted by molar-refractivity contribution is 9.10. The fourth-order valence-electron chi connectivity index (χ4n) is 1.72. The van der Waals surface area contributed by atoms with E-state index in [0.717, 1.165) is 14.7 Å². The summed E-state index contributed by atoms with van der Waals surface area (Å²) in [6.45, 7) is 0. The van der Waals surface area contributed by atoms with Crippen molar-refractivity contribution in [3.8, 4) is 10.6 Å². The Labute approximate surface area is 115 Å². The minimum atomic E-state index is -0.303. The molecule has 0 radical (unpaired) electrons. The Bertz CT molecular complexity index is 739. The lowest BCUT2D eigenvalue weighted by Gasteiger charge is -1.99. The minimum absolute atomic E-state index is 0.303. The van der Waals surface area contributed by atoms with Crippen LogP contribution in [-0.2, 0) is 0 Å². The van der Waals surface area contributed by atoms with Gasteiger partial charge in [0.2, 0.25) is 0 Å². The number of hydrogen-bond donors (Lipinski definition) is 1. The molecule has 0 aliphatic heterocycles. The predicted molar refractivity (Wildman–Crippen MR) is 77.1 cm³/mol. The van der Waals surface area contributed by atoms with Gasteiger partial charge in [-0.3, -0.25) is 0 Å². The van der Waals surface area contributed by atoms with Crippen molar-refractivity contribution < 1.29 is 4.39 Å². The van der Waals surface area contributed by atoms with Crippen LogP contribution in [0.2, 0.25) is 0 Å². The van der Waals surface area contributed by atoms with E-state index in [-0.39, 0.29) is 5.82 Å². The van der Waals surface area contributed by atoms with E-state index in [0.29, 0.717) is 16.3 Å². The van der Waals surface area contributed by atoms with E-state index in [1.807, 2.05) is 18.2 Å². The molecule has 0 saturated carbocycles. The van der Waals surface area contributed by atoms with E-state index < -0.39 is 0 Å². The molecule has 0 aliphatic carbocycles. The number of aromatic nitrogens is 1. The average molecular weight is 323 g/mol. The molecule has 5 heteroatoms. The maximum atomic E-state index is 13.8. The third kappa shape index (κ3) is 2.00. The largest absolute Gasteiger partial charge is 0.399 e. The first kappa shape index (κ1) is 11.6. The topological polar surface area (TPSA) is 38.9 Å². The normalized spacial score (nSPS) is 11.0. The van der Waals surface area contributed by atoms with Crippen molar-refractivity contribution in [3.63, 3.8) is 0 Å². The molecule has 3 aromatic rings. The smallest absolute Gasteiger partial charge is 0.133 e.